The van der Waals surface area contributed by atoms with Gasteiger partial charge in [-0.1, -0.05) is 6.07 Å². The number of aryl methyl sites for hydroxylation is 1. The number of carbonyl (C=O) groups is 2. The highest BCUT2D eigenvalue weighted by Crippen LogP contribution is 2.18. The van der Waals surface area contributed by atoms with E-state index in [0.717, 1.165) is 41.6 Å². The molecule has 112 valence electrons. The van der Waals surface area contributed by atoms with Gasteiger partial charge in [-0.15, -0.1) is 0 Å². The Morgan fingerprint density at radius 1 is 1.33 bits per heavy atom. The van der Waals surface area contributed by atoms with Crippen LogP contribution in [0.15, 0.2) is 24.3 Å². The van der Waals surface area contributed by atoms with Gasteiger partial charge >= 0.3 is 5.97 Å². The maximum Gasteiger partial charge on any atom is 0.328 e. The van der Waals surface area contributed by atoms with E-state index in [-0.39, 0.29) is 11.9 Å². The van der Waals surface area contributed by atoms with E-state index in [9.17, 15) is 9.59 Å². The number of hydrogen-bond acceptors (Lipinski definition) is 3. The van der Waals surface area contributed by atoms with E-state index in [0.29, 0.717) is 5.56 Å². The van der Waals surface area contributed by atoms with Crippen molar-refractivity contribution in [2.45, 2.75) is 25.8 Å². The number of carboxylic acids is 1. The normalized spacial score (nSPS) is 16.0. The maximum absolute atomic E-state index is 12.3. The van der Waals surface area contributed by atoms with Gasteiger partial charge in [-0.3, -0.25) is 4.79 Å². The van der Waals surface area contributed by atoms with Crippen molar-refractivity contribution in [2.24, 2.45) is 0 Å². The van der Waals surface area contributed by atoms with Crippen LogP contribution in [0.25, 0.3) is 6.08 Å². The van der Waals surface area contributed by atoms with E-state index in [1.807, 2.05) is 24.8 Å². The molecule has 0 saturated carbocycles. The van der Waals surface area contributed by atoms with Crippen LogP contribution in [0.4, 0.5) is 0 Å². The van der Waals surface area contributed by atoms with E-state index in [4.69, 9.17) is 5.11 Å². The fourth-order valence-electron chi connectivity index (χ4n) is 2.23. The van der Waals surface area contributed by atoms with Crippen LogP contribution in [0.1, 0.15) is 34.3 Å². The maximum atomic E-state index is 12.3. The van der Waals surface area contributed by atoms with Gasteiger partial charge in [0.25, 0.3) is 5.91 Å². The van der Waals surface area contributed by atoms with Gasteiger partial charge < -0.3 is 10.4 Å². The van der Waals surface area contributed by atoms with E-state index >= 15 is 0 Å². The summed E-state index contributed by atoms with van der Waals surface area (Å²) in [4.78, 5) is 22.9. The Morgan fingerprint density at radius 3 is 2.71 bits per heavy atom. The predicted molar refractivity (Wildman–Crippen MR) is 85.7 cm³/mol. The molecule has 2 rings (SSSR count). The average Bonchev–Trinajstić information content (AvgIpc) is 2.47. The molecular weight excluding hydrogens is 286 g/mol. The summed E-state index contributed by atoms with van der Waals surface area (Å²) >= 11 is 1.92. The second kappa shape index (κ2) is 7.31. The second-order valence-corrected chi connectivity index (χ2v) is 6.33. The van der Waals surface area contributed by atoms with E-state index in [2.05, 4.69) is 5.32 Å². The molecule has 2 N–H and O–H groups in total. The number of amides is 1. The molecular formula is C16H19NO3S. The van der Waals surface area contributed by atoms with E-state index in [1.165, 1.54) is 6.08 Å². The molecule has 21 heavy (non-hydrogen) atoms. The Labute approximate surface area is 128 Å². The Kier molecular flexibility index (Phi) is 5.44. The van der Waals surface area contributed by atoms with Crippen LogP contribution < -0.4 is 5.32 Å². The third-order valence-corrected chi connectivity index (χ3v) is 4.55. The quantitative estimate of drug-likeness (QED) is 0.839. The first kappa shape index (κ1) is 15.6. The van der Waals surface area contributed by atoms with Gasteiger partial charge in [0, 0.05) is 17.7 Å². The lowest BCUT2D eigenvalue weighted by atomic mass is 10.0. The molecule has 1 aliphatic heterocycles. The first-order valence-electron chi connectivity index (χ1n) is 6.96. The molecule has 0 aromatic heterocycles. The first-order chi connectivity index (χ1) is 10.1. The van der Waals surface area contributed by atoms with Crippen molar-refractivity contribution in [3.63, 3.8) is 0 Å². The average molecular weight is 305 g/mol. The number of thioether (sulfide) groups is 1. The molecule has 4 nitrogen and oxygen atoms in total. The molecule has 1 aromatic rings. The van der Waals surface area contributed by atoms with Crippen LogP contribution in [-0.4, -0.2) is 34.5 Å². The highest BCUT2D eigenvalue weighted by Gasteiger charge is 2.17. The summed E-state index contributed by atoms with van der Waals surface area (Å²) in [5.41, 5.74) is 2.27. The summed E-state index contributed by atoms with van der Waals surface area (Å²) in [5, 5.41) is 11.7. The zero-order valence-corrected chi connectivity index (χ0v) is 12.8. The fraction of sp³-hybridized carbons (Fsp3) is 0.375. The van der Waals surface area contributed by atoms with Crippen molar-refractivity contribution in [3.8, 4) is 0 Å². The molecule has 0 spiro atoms. The molecule has 1 fully saturated rings. The van der Waals surface area contributed by atoms with Crippen molar-refractivity contribution in [1.82, 2.24) is 5.32 Å². The summed E-state index contributed by atoms with van der Waals surface area (Å²) in [5.74, 6) is 1.09. The molecule has 0 aliphatic carbocycles. The number of carboxylic acid groups (broad SMARTS) is 1. The van der Waals surface area contributed by atoms with Crippen LogP contribution in [0.3, 0.4) is 0 Å². The van der Waals surface area contributed by atoms with Gasteiger partial charge in [-0.2, -0.15) is 11.8 Å². The molecule has 0 bridgehead atoms. The lowest BCUT2D eigenvalue weighted by Gasteiger charge is -2.22. The number of aliphatic carboxylic acids is 1. The fourth-order valence-corrected chi connectivity index (χ4v) is 3.34. The van der Waals surface area contributed by atoms with Gasteiger partial charge in [0.05, 0.1) is 0 Å². The van der Waals surface area contributed by atoms with E-state index in [1.54, 1.807) is 12.1 Å². The van der Waals surface area contributed by atoms with Crippen molar-refractivity contribution in [2.75, 3.05) is 11.5 Å². The molecule has 0 radical (unpaired) electrons. The third-order valence-electron chi connectivity index (χ3n) is 3.50. The summed E-state index contributed by atoms with van der Waals surface area (Å²) in [6, 6.07) is 5.60. The van der Waals surface area contributed by atoms with Crippen LogP contribution in [0.5, 0.6) is 0 Å². The molecule has 1 saturated heterocycles. The van der Waals surface area contributed by atoms with E-state index < -0.39 is 5.97 Å². The molecule has 5 heteroatoms. The number of hydrogen-bond donors (Lipinski definition) is 2. The monoisotopic (exact) mass is 305 g/mol. The highest BCUT2D eigenvalue weighted by molar-refractivity contribution is 7.99. The molecule has 0 unspecified atom stereocenters. The second-order valence-electron chi connectivity index (χ2n) is 5.10. The standard InChI is InChI=1S/C16H19NO3S/c1-11-2-3-13(10-12(11)4-5-15(18)19)16(20)17-14-6-8-21-9-7-14/h2-5,10,14H,6-9H2,1H3,(H,17,20)(H,18,19)/b5-4+. The van der Waals surface area contributed by atoms with Gasteiger partial charge in [0.15, 0.2) is 0 Å². The van der Waals surface area contributed by atoms with Crippen molar-refractivity contribution < 1.29 is 14.7 Å². The van der Waals surface area contributed by atoms with Gasteiger partial charge in [-0.25, -0.2) is 4.79 Å². The Hall–Kier alpha value is -1.75. The Balaban J connectivity index is 2.10. The van der Waals surface area contributed by atoms with Crippen molar-refractivity contribution >= 4 is 29.7 Å². The van der Waals surface area contributed by atoms with Crippen LogP contribution in [0.2, 0.25) is 0 Å². The Morgan fingerprint density at radius 2 is 2.05 bits per heavy atom. The molecule has 1 aliphatic rings. The number of benzene rings is 1. The number of nitrogens with one attached hydrogen (secondary N) is 1. The lowest BCUT2D eigenvalue weighted by molar-refractivity contribution is -0.131. The minimum Gasteiger partial charge on any atom is -0.478 e. The van der Waals surface area contributed by atoms with Crippen molar-refractivity contribution in [3.05, 3.63) is 41.0 Å². The summed E-state index contributed by atoms with van der Waals surface area (Å²) in [6.07, 6.45) is 4.62. The molecule has 1 amide bonds. The van der Waals surface area contributed by atoms with Crippen LogP contribution in [0, 0.1) is 6.92 Å². The van der Waals surface area contributed by atoms with Gasteiger partial charge in [-0.05, 0) is 60.6 Å². The van der Waals surface area contributed by atoms with Gasteiger partial charge in [0.2, 0.25) is 0 Å². The smallest absolute Gasteiger partial charge is 0.328 e. The first-order valence-corrected chi connectivity index (χ1v) is 8.12. The number of carbonyl (C=O) groups excluding carboxylic acids is 1. The van der Waals surface area contributed by atoms with Gasteiger partial charge in [0.1, 0.15) is 0 Å². The largest absolute Gasteiger partial charge is 0.478 e. The SMILES string of the molecule is Cc1ccc(C(=O)NC2CCSCC2)cc1/C=C/C(=O)O. The topological polar surface area (TPSA) is 66.4 Å². The zero-order chi connectivity index (χ0) is 15.2. The summed E-state index contributed by atoms with van der Waals surface area (Å²) in [7, 11) is 0. The molecule has 0 atom stereocenters. The predicted octanol–water partition coefficient (Wildman–Crippen LogP) is 2.72. The van der Waals surface area contributed by atoms with Crippen molar-refractivity contribution in [1.29, 1.82) is 0 Å². The van der Waals surface area contributed by atoms with Crippen LogP contribution >= 0.6 is 11.8 Å². The van der Waals surface area contributed by atoms with Crippen LogP contribution in [-0.2, 0) is 4.79 Å². The molecule has 1 aromatic carbocycles. The summed E-state index contributed by atoms with van der Waals surface area (Å²) < 4.78 is 0. The minimum atomic E-state index is -0.996. The number of rotatable bonds is 4. The summed E-state index contributed by atoms with van der Waals surface area (Å²) in [6.45, 7) is 1.89. The third kappa shape index (κ3) is 4.63. The zero-order valence-electron chi connectivity index (χ0n) is 12.0. The Bertz CT molecular complexity index is 563. The minimum absolute atomic E-state index is 0.0862. The lowest BCUT2D eigenvalue weighted by Crippen LogP contribution is -2.37. The molecule has 1 heterocycles. The highest BCUT2D eigenvalue weighted by atomic mass is 32.2.